The molecule has 0 heterocycles. The highest BCUT2D eigenvalue weighted by atomic mass is 16.2. The van der Waals surface area contributed by atoms with Crippen molar-refractivity contribution >= 4 is 5.91 Å². The number of carbonyl (C=O) groups excluding carboxylic acids is 1. The lowest BCUT2D eigenvalue weighted by molar-refractivity contribution is -0.133. The molecule has 2 N–H and O–H groups in total. The van der Waals surface area contributed by atoms with Crippen LogP contribution in [0.25, 0.3) is 0 Å². The second kappa shape index (κ2) is 5.66. The van der Waals surface area contributed by atoms with Gasteiger partial charge in [-0.05, 0) is 18.9 Å². The molecule has 1 aromatic rings. The highest BCUT2D eigenvalue weighted by molar-refractivity contribution is 5.81. The highest BCUT2D eigenvalue weighted by Gasteiger charge is 2.21. The maximum Gasteiger partial charge on any atom is 0.239 e. The van der Waals surface area contributed by atoms with Gasteiger partial charge in [-0.3, -0.25) is 4.79 Å². The van der Waals surface area contributed by atoms with E-state index in [9.17, 15) is 4.79 Å². The van der Waals surface area contributed by atoms with E-state index in [1.807, 2.05) is 44.2 Å². The van der Waals surface area contributed by atoms with Gasteiger partial charge in [0.15, 0.2) is 0 Å². The summed E-state index contributed by atoms with van der Waals surface area (Å²) < 4.78 is 0. The number of rotatable bonds is 4. The fourth-order valence-electron chi connectivity index (χ4n) is 1.58. The van der Waals surface area contributed by atoms with E-state index in [0.717, 1.165) is 5.56 Å². The quantitative estimate of drug-likeness (QED) is 0.843. The summed E-state index contributed by atoms with van der Waals surface area (Å²) in [6, 6.07) is 9.63. The molecule has 0 aromatic heterocycles. The number of hydrogen-bond acceptors (Lipinski definition) is 2. The van der Waals surface area contributed by atoms with Crippen molar-refractivity contribution in [2.45, 2.75) is 32.4 Å². The van der Waals surface area contributed by atoms with Gasteiger partial charge in [0.25, 0.3) is 0 Å². The zero-order valence-corrected chi connectivity index (χ0v) is 10.2. The summed E-state index contributed by atoms with van der Waals surface area (Å²) in [5, 5.41) is 0. The molecule has 16 heavy (non-hydrogen) atoms. The maximum atomic E-state index is 11.9. The highest BCUT2D eigenvalue weighted by Crippen LogP contribution is 2.18. The minimum atomic E-state index is -0.392. The largest absolute Gasteiger partial charge is 0.338 e. The van der Waals surface area contributed by atoms with E-state index in [1.165, 1.54) is 0 Å². The number of hydrogen-bond donors (Lipinski definition) is 1. The molecular formula is C13H20N2O. The number of benzene rings is 1. The molecule has 0 spiro atoms. The van der Waals surface area contributed by atoms with Gasteiger partial charge in [0, 0.05) is 7.05 Å². The van der Waals surface area contributed by atoms with Crippen molar-refractivity contribution in [3.8, 4) is 0 Å². The van der Waals surface area contributed by atoms with Gasteiger partial charge in [-0.25, -0.2) is 0 Å². The van der Waals surface area contributed by atoms with Crippen LogP contribution in [0, 0.1) is 0 Å². The standard InChI is InChI=1S/C13H20N2O/c1-4-12(14)13(16)15(3)10(2)11-8-6-5-7-9-11/h5-10,12H,4,14H2,1-3H3/t10?,12-/m1/s1. The Kier molecular flexibility index (Phi) is 4.50. The average Bonchev–Trinajstić information content (AvgIpc) is 2.36. The number of carbonyl (C=O) groups is 1. The van der Waals surface area contributed by atoms with Gasteiger partial charge >= 0.3 is 0 Å². The van der Waals surface area contributed by atoms with Crippen molar-refractivity contribution in [2.75, 3.05) is 7.05 Å². The predicted molar refractivity (Wildman–Crippen MR) is 65.9 cm³/mol. The van der Waals surface area contributed by atoms with Gasteiger partial charge in [0.05, 0.1) is 12.1 Å². The monoisotopic (exact) mass is 220 g/mol. The molecule has 1 rings (SSSR count). The van der Waals surface area contributed by atoms with Gasteiger partial charge in [0.1, 0.15) is 0 Å². The van der Waals surface area contributed by atoms with Crippen LogP contribution in [0.3, 0.4) is 0 Å². The Labute approximate surface area is 97.2 Å². The van der Waals surface area contributed by atoms with Crippen LogP contribution in [-0.4, -0.2) is 23.9 Å². The first-order valence-electron chi connectivity index (χ1n) is 5.65. The number of nitrogens with two attached hydrogens (primary N) is 1. The zero-order valence-electron chi connectivity index (χ0n) is 10.2. The number of nitrogens with zero attached hydrogens (tertiary/aromatic N) is 1. The van der Waals surface area contributed by atoms with Crippen LogP contribution in [-0.2, 0) is 4.79 Å². The Balaban J connectivity index is 2.75. The van der Waals surface area contributed by atoms with E-state index in [0.29, 0.717) is 6.42 Å². The summed E-state index contributed by atoms with van der Waals surface area (Å²) in [5.41, 5.74) is 6.87. The van der Waals surface area contributed by atoms with Gasteiger partial charge in [-0.1, -0.05) is 37.3 Å². The topological polar surface area (TPSA) is 46.3 Å². The van der Waals surface area contributed by atoms with Crippen molar-refractivity contribution < 1.29 is 4.79 Å². The average molecular weight is 220 g/mol. The number of likely N-dealkylation sites (N-methyl/N-ethyl adjacent to an activating group) is 1. The first-order chi connectivity index (χ1) is 7.57. The molecule has 0 saturated carbocycles. The van der Waals surface area contributed by atoms with Crippen molar-refractivity contribution in [3.05, 3.63) is 35.9 Å². The van der Waals surface area contributed by atoms with E-state index >= 15 is 0 Å². The van der Waals surface area contributed by atoms with Crippen molar-refractivity contribution in [1.29, 1.82) is 0 Å². The lowest BCUT2D eigenvalue weighted by Gasteiger charge is -2.27. The summed E-state index contributed by atoms with van der Waals surface area (Å²) in [6.07, 6.45) is 0.671. The Hall–Kier alpha value is -1.35. The van der Waals surface area contributed by atoms with E-state index in [2.05, 4.69) is 0 Å². The third kappa shape index (κ3) is 2.83. The van der Waals surface area contributed by atoms with Crippen LogP contribution >= 0.6 is 0 Å². The van der Waals surface area contributed by atoms with Crippen LogP contribution in [0.4, 0.5) is 0 Å². The lowest BCUT2D eigenvalue weighted by Crippen LogP contribution is -2.42. The minimum absolute atomic E-state index is 0.00106. The first kappa shape index (κ1) is 12.7. The van der Waals surface area contributed by atoms with Crippen LogP contribution in [0.15, 0.2) is 30.3 Å². The molecule has 0 bridgehead atoms. The Morgan fingerprint density at radius 1 is 1.38 bits per heavy atom. The van der Waals surface area contributed by atoms with Gasteiger partial charge in [-0.2, -0.15) is 0 Å². The van der Waals surface area contributed by atoms with Crippen molar-refractivity contribution in [3.63, 3.8) is 0 Å². The molecule has 2 atom stereocenters. The van der Waals surface area contributed by atoms with Crippen molar-refractivity contribution in [2.24, 2.45) is 5.73 Å². The second-order valence-corrected chi connectivity index (χ2v) is 4.05. The first-order valence-corrected chi connectivity index (χ1v) is 5.65. The van der Waals surface area contributed by atoms with Crippen molar-refractivity contribution in [1.82, 2.24) is 4.90 Å². The summed E-state index contributed by atoms with van der Waals surface area (Å²) in [5.74, 6) is -0.00106. The molecule has 0 aliphatic heterocycles. The lowest BCUT2D eigenvalue weighted by atomic mass is 10.1. The maximum absolute atomic E-state index is 11.9. The van der Waals surface area contributed by atoms with E-state index in [1.54, 1.807) is 11.9 Å². The fraction of sp³-hybridized carbons (Fsp3) is 0.462. The molecule has 0 radical (unpaired) electrons. The Bertz CT molecular complexity index is 337. The summed E-state index contributed by atoms with van der Waals surface area (Å²) >= 11 is 0. The molecule has 3 heteroatoms. The number of amides is 1. The molecule has 0 aliphatic rings. The Morgan fingerprint density at radius 3 is 2.44 bits per heavy atom. The molecule has 0 aliphatic carbocycles. The van der Waals surface area contributed by atoms with E-state index in [4.69, 9.17) is 5.73 Å². The fourth-order valence-corrected chi connectivity index (χ4v) is 1.58. The SMILES string of the molecule is CC[C@@H](N)C(=O)N(C)C(C)c1ccccc1. The molecule has 88 valence electrons. The van der Waals surface area contributed by atoms with Gasteiger partial charge in [0.2, 0.25) is 5.91 Å². The Morgan fingerprint density at radius 2 is 1.94 bits per heavy atom. The molecular weight excluding hydrogens is 200 g/mol. The summed E-state index contributed by atoms with van der Waals surface area (Å²) in [4.78, 5) is 13.6. The smallest absolute Gasteiger partial charge is 0.239 e. The molecule has 0 saturated heterocycles. The summed E-state index contributed by atoms with van der Waals surface area (Å²) in [6.45, 7) is 3.93. The molecule has 0 fully saturated rings. The summed E-state index contributed by atoms with van der Waals surface area (Å²) in [7, 11) is 1.80. The van der Waals surface area contributed by atoms with Crippen LogP contribution in [0.2, 0.25) is 0 Å². The molecule has 1 unspecified atom stereocenters. The normalized spacial score (nSPS) is 14.2. The van der Waals surface area contributed by atoms with E-state index in [-0.39, 0.29) is 11.9 Å². The van der Waals surface area contributed by atoms with Gasteiger partial charge < -0.3 is 10.6 Å². The van der Waals surface area contributed by atoms with Gasteiger partial charge in [-0.15, -0.1) is 0 Å². The second-order valence-electron chi connectivity index (χ2n) is 4.05. The third-order valence-corrected chi connectivity index (χ3v) is 2.97. The molecule has 3 nitrogen and oxygen atoms in total. The zero-order chi connectivity index (χ0) is 12.1. The van der Waals surface area contributed by atoms with E-state index < -0.39 is 6.04 Å². The van der Waals surface area contributed by atoms with Crippen LogP contribution in [0.5, 0.6) is 0 Å². The predicted octanol–water partition coefficient (Wildman–Crippen LogP) is 1.94. The van der Waals surface area contributed by atoms with Crippen LogP contribution in [0.1, 0.15) is 31.9 Å². The third-order valence-electron chi connectivity index (χ3n) is 2.97. The minimum Gasteiger partial charge on any atom is -0.338 e. The molecule has 1 amide bonds. The molecule has 1 aromatic carbocycles. The van der Waals surface area contributed by atoms with Crippen LogP contribution < -0.4 is 5.73 Å².